The van der Waals surface area contributed by atoms with E-state index < -0.39 is 11.2 Å². The van der Waals surface area contributed by atoms with Gasteiger partial charge in [0.1, 0.15) is 0 Å². The van der Waals surface area contributed by atoms with Gasteiger partial charge in [-0.15, -0.1) is 5.10 Å². The van der Waals surface area contributed by atoms with Crippen LogP contribution in [0.25, 0.3) is 10.9 Å². The topological polar surface area (TPSA) is 97.9 Å². The number of ether oxygens (including phenoxy) is 1. The number of nitro groups is 1. The molecule has 1 amide bonds. The highest BCUT2D eigenvalue weighted by Gasteiger charge is 2.34. The third-order valence-electron chi connectivity index (χ3n) is 4.43. The number of nitro benzene ring substituents is 1. The molecule has 1 aromatic heterocycles. The number of hydrazone groups is 1. The quantitative estimate of drug-likeness (QED) is 0.513. The van der Waals surface area contributed by atoms with Gasteiger partial charge in [-0.05, 0) is 31.2 Å². The summed E-state index contributed by atoms with van der Waals surface area (Å²) < 4.78 is 6.03. The van der Waals surface area contributed by atoms with Crippen LogP contribution in [0.4, 0.5) is 5.69 Å². The number of nitrogens with zero attached hydrogens (tertiary/aromatic N) is 4. The van der Waals surface area contributed by atoms with Crippen molar-refractivity contribution in [3.8, 4) is 0 Å². The smallest absolute Gasteiger partial charge is 0.269 e. The van der Waals surface area contributed by atoms with Crippen molar-refractivity contribution in [3.63, 3.8) is 0 Å². The van der Waals surface area contributed by atoms with Gasteiger partial charge in [0.05, 0.1) is 10.4 Å². The van der Waals surface area contributed by atoms with E-state index in [0.717, 1.165) is 22.2 Å². The van der Waals surface area contributed by atoms with E-state index in [2.05, 4.69) is 10.1 Å². The highest BCUT2D eigenvalue weighted by atomic mass is 16.6. The Labute approximate surface area is 160 Å². The molecule has 8 heteroatoms. The molecule has 2 aromatic carbocycles. The van der Waals surface area contributed by atoms with Crippen LogP contribution in [0.1, 0.15) is 30.0 Å². The van der Waals surface area contributed by atoms with Gasteiger partial charge in [-0.2, -0.15) is 5.01 Å². The minimum absolute atomic E-state index is 0.0342. The summed E-state index contributed by atoms with van der Waals surface area (Å²) in [6.07, 6.45) is -0.791. The standard InChI is InChI=1S/C20H16N4O4/c1-12-11-17(16-5-3-4-6-18(16)21-12)19-22-23(13(2)25)20(28-19)14-7-9-15(10-8-14)24(26)27/h3-11,20H,1-2H3/t20-/m1/s1. The Balaban J connectivity index is 1.76. The number of aromatic nitrogens is 1. The van der Waals surface area contributed by atoms with Gasteiger partial charge in [0, 0.05) is 41.3 Å². The molecular weight excluding hydrogens is 360 g/mol. The Hall–Kier alpha value is -3.81. The van der Waals surface area contributed by atoms with Crippen molar-refractivity contribution in [2.75, 3.05) is 0 Å². The first-order valence-electron chi connectivity index (χ1n) is 8.60. The zero-order valence-electron chi connectivity index (χ0n) is 15.2. The van der Waals surface area contributed by atoms with E-state index in [0.29, 0.717) is 11.5 Å². The van der Waals surface area contributed by atoms with Crippen LogP contribution in [0.3, 0.4) is 0 Å². The lowest BCUT2D eigenvalue weighted by Crippen LogP contribution is -2.25. The van der Waals surface area contributed by atoms with E-state index in [4.69, 9.17) is 4.74 Å². The molecule has 1 aliphatic heterocycles. The number of hydrogen-bond donors (Lipinski definition) is 0. The van der Waals surface area contributed by atoms with Crippen molar-refractivity contribution < 1.29 is 14.5 Å². The third-order valence-corrected chi connectivity index (χ3v) is 4.43. The molecule has 0 bridgehead atoms. The van der Waals surface area contributed by atoms with Gasteiger partial charge < -0.3 is 4.74 Å². The summed E-state index contributed by atoms with van der Waals surface area (Å²) in [4.78, 5) is 27.0. The Morgan fingerprint density at radius 2 is 1.89 bits per heavy atom. The number of hydrogen-bond acceptors (Lipinski definition) is 6. The maximum Gasteiger partial charge on any atom is 0.269 e. The molecule has 8 nitrogen and oxygen atoms in total. The Kier molecular flexibility index (Phi) is 4.23. The lowest BCUT2D eigenvalue weighted by Gasteiger charge is -2.19. The number of para-hydroxylation sites is 1. The molecule has 0 saturated carbocycles. The van der Waals surface area contributed by atoms with Crippen molar-refractivity contribution in [3.05, 3.63) is 81.5 Å². The van der Waals surface area contributed by atoms with Crippen molar-refractivity contribution in [2.45, 2.75) is 20.1 Å². The fraction of sp³-hybridized carbons (Fsp3) is 0.150. The Bertz CT molecular complexity index is 1120. The number of rotatable bonds is 3. The number of amides is 1. The maximum absolute atomic E-state index is 12.1. The molecule has 0 spiro atoms. The molecule has 0 unspecified atom stereocenters. The van der Waals surface area contributed by atoms with Crippen LogP contribution in [-0.4, -0.2) is 26.7 Å². The minimum Gasteiger partial charge on any atom is -0.446 e. The van der Waals surface area contributed by atoms with Gasteiger partial charge in [0.2, 0.25) is 18.0 Å². The van der Waals surface area contributed by atoms with Gasteiger partial charge in [-0.3, -0.25) is 19.9 Å². The first kappa shape index (κ1) is 17.6. The lowest BCUT2D eigenvalue weighted by atomic mass is 10.1. The maximum atomic E-state index is 12.1. The Morgan fingerprint density at radius 1 is 1.18 bits per heavy atom. The van der Waals surface area contributed by atoms with Crippen LogP contribution in [-0.2, 0) is 9.53 Å². The molecule has 1 atom stereocenters. The number of non-ortho nitro benzene ring substituents is 1. The van der Waals surface area contributed by atoms with Crippen molar-refractivity contribution in [1.29, 1.82) is 0 Å². The van der Waals surface area contributed by atoms with Gasteiger partial charge in [-0.1, -0.05) is 18.2 Å². The first-order valence-corrected chi connectivity index (χ1v) is 8.60. The second-order valence-electron chi connectivity index (χ2n) is 6.42. The number of carbonyl (C=O) groups is 1. The molecule has 140 valence electrons. The van der Waals surface area contributed by atoms with E-state index in [-0.39, 0.29) is 11.6 Å². The molecule has 2 heterocycles. The van der Waals surface area contributed by atoms with E-state index in [9.17, 15) is 14.9 Å². The SMILES string of the molecule is CC(=O)N1N=C(c2cc(C)nc3ccccc23)O[C@@H]1c1ccc([N+](=O)[O-])cc1. The predicted octanol–water partition coefficient (Wildman–Crippen LogP) is 3.69. The van der Waals surface area contributed by atoms with Gasteiger partial charge in [0.15, 0.2) is 0 Å². The van der Waals surface area contributed by atoms with Crippen LogP contribution >= 0.6 is 0 Å². The zero-order chi connectivity index (χ0) is 19.8. The number of fused-ring (bicyclic) bond motifs is 1. The summed E-state index contributed by atoms with van der Waals surface area (Å²) in [5.41, 5.74) is 2.89. The normalized spacial score (nSPS) is 16.0. The third kappa shape index (κ3) is 3.05. The monoisotopic (exact) mass is 376 g/mol. The van der Waals surface area contributed by atoms with E-state index in [1.54, 1.807) is 12.1 Å². The molecule has 1 aliphatic rings. The molecule has 0 radical (unpaired) electrons. The molecule has 0 N–H and O–H groups in total. The molecule has 0 fully saturated rings. The molecule has 4 rings (SSSR count). The fourth-order valence-electron chi connectivity index (χ4n) is 3.14. The van der Waals surface area contributed by atoms with Gasteiger partial charge in [-0.25, -0.2) is 0 Å². The van der Waals surface area contributed by atoms with E-state index in [1.807, 2.05) is 37.3 Å². The Morgan fingerprint density at radius 3 is 2.57 bits per heavy atom. The largest absolute Gasteiger partial charge is 0.446 e. The molecule has 0 aliphatic carbocycles. The molecule has 28 heavy (non-hydrogen) atoms. The summed E-state index contributed by atoms with van der Waals surface area (Å²) >= 11 is 0. The summed E-state index contributed by atoms with van der Waals surface area (Å²) in [5, 5.41) is 17.4. The van der Waals surface area contributed by atoms with Crippen LogP contribution < -0.4 is 0 Å². The summed E-state index contributed by atoms with van der Waals surface area (Å²) in [6, 6.07) is 15.4. The minimum atomic E-state index is -0.791. The average Bonchev–Trinajstić information content (AvgIpc) is 3.13. The molecule has 0 saturated heterocycles. The van der Waals surface area contributed by atoms with Crippen molar-refractivity contribution in [1.82, 2.24) is 9.99 Å². The second-order valence-corrected chi connectivity index (χ2v) is 6.42. The average molecular weight is 376 g/mol. The number of pyridine rings is 1. The van der Waals surface area contributed by atoms with Gasteiger partial charge in [0.25, 0.3) is 5.69 Å². The van der Waals surface area contributed by atoms with Crippen LogP contribution in [0.15, 0.2) is 59.7 Å². The molecular formula is C20H16N4O4. The number of aryl methyl sites for hydroxylation is 1. The van der Waals surface area contributed by atoms with Crippen LogP contribution in [0, 0.1) is 17.0 Å². The number of carbonyl (C=O) groups excluding carboxylic acids is 1. The summed E-state index contributed by atoms with van der Waals surface area (Å²) in [7, 11) is 0. The van der Waals surface area contributed by atoms with E-state index >= 15 is 0 Å². The number of benzene rings is 2. The molecule has 3 aromatic rings. The summed E-state index contributed by atoms with van der Waals surface area (Å²) in [5.74, 6) is 0.00805. The summed E-state index contributed by atoms with van der Waals surface area (Å²) in [6.45, 7) is 3.27. The first-order chi connectivity index (χ1) is 13.4. The van der Waals surface area contributed by atoms with Crippen LogP contribution in [0.5, 0.6) is 0 Å². The van der Waals surface area contributed by atoms with E-state index in [1.165, 1.54) is 24.1 Å². The van der Waals surface area contributed by atoms with Crippen molar-refractivity contribution >= 4 is 28.4 Å². The second kappa shape index (κ2) is 6.73. The predicted molar refractivity (Wildman–Crippen MR) is 102 cm³/mol. The highest BCUT2D eigenvalue weighted by molar-refractivity contribution is 6.07. The lowest BCUT2D eigenvalue weighted by molar-refractivity contribution is -0.384. The van der Waals surface area contributed by atoms with Gasteiger partial charge >= 0.3 is 0 Å². The zero-order valence-corrected chi connectivity index (χ0v) is 15.2. The fourth-order valence-corrected chi connectivity index (χ4v) is 3.14. The highest BCUT2D eigenvalue weighted by Crippen LogP contribution is 2.33. The van der Waals surface area contributed by atoms with Crippen LogP contribution in [0.2, 0.25) is 0 Å². The van der Waals surface area contributed by atoms with Crippen molar-refractivity contribution in [2.24, 2.45) is 5.10 Å².